The number of ether oxygens (including phenoxy) is 2. The van der Waals surface area contributed by atoms with E-state index >= 15 is 0 Å². The van der Waals surface area contributed by atoms with Crippen molar-refractivity contribution in [2.45, 2.75) is 13.3 Å². The normalized spacial score (nSPS) is 24.6. The molecule has 0 aromatic heterocycles. The highest BCUT2D eigenvalue weighted by atomic mass is 16.5. The van der Waals surface area contributed by atoms with Crippen LogP contribution in [-0.2, 0) is 9.59 Å². The molecule has 2 aliphatic rings. The first kappa shape index (κ1) is 22.4. The number of rotatable bonds is 6. The van der Waals surface area contributed by atoms with E-state index in [1.165, 1.54) is 19.1 Å². The molecule has 0 radical (unpaired) electrons. The number of anilines is 1. The SMILES string of the molecule is C=CC1=CCC2C(=O)N(c3ccccc3)C(=O)C2(C)C1C=Cc1cc(OC)c(O)c(OC)c1. The number of benzene rings is 2. The van der Waals surface area contributed by atoms with Crippen LogP contribution in [0.3, 0.4) is 0 Å². The zero-order valence-electron chi connectivity index (χ0n) is 18.9. The van der Waals surface area contributed by atoms with Crippen molar-refractivity contribution >= 4 is 23.6 Å². The molecule has 1 heterocycles. The minimum absolute atomic E-state index is 0.0800. The van der Waals surface area contributed by atoms with Gasteiger partial charge in [0.2, 0.25) is 17.6 Å². The zero-order chi connectivity index (χ0) is 23.8. The van der Waals surface area contributed by atoms with Gasteiger partial charge < -0.3 is 14.6 Å². The lowest BCUT2D eigenvalue weighted by Gasteiger charge is -2.38. The molecule has 1 aliphatic carbocycles. The molecule has 4 rings (SSSR count). The summed E-state index contributed by atoms with van der Waals surface area (Å²) in [7, 11) is 2.93. The number of fused-ring (bicyclic) bond motifs is 1. The highest BCUT2D eigenvalue weighted by Crippen LogP contribution is 2.53. The van der Waals surface area contributed by atoms with Crippen LogP contribution in [0.4, 0.5) is 5.69 Å². The first-order chi connectivity index (χ1) is 15.9. The number of carbonyl (C=O) groups excluding carboxylic acids is 2. The molecule has 2 aromatic rings. The molecule has 6 nitrogen and oxygen atoms in total. The third kappa shape index (κ3) is 3.52. The minimum Gasteiger partial charge on any atom is -0.502 e. The second-order valence-electron chi connectivity index (χ2n) is 8.40. The van der Waals surface area contributed by atoms with Crippen molar-refractivity contribution in [1.29, 1.82) is 0 Å². The van der Waals surface area contributed by atoms with E-state index in [1.54, 1.807) is 30.3 Å². The number of para-hydroxylation sites is 1. The van der Waals surface area contributed by atoms with E-state index in [1.807, 2.05) is 43.4 Å². The van der Waals surface area contributed by atoms with Crippen LogP contribution in [0.2, 0.25) is 0 Å². The minimum atomic E-state index is -0.952. The summed E-state index contributed by atoms with van der Waals surface area (Å²) in [5.41, 5.74) is 1.26. The summed E-state index contributed by atoms with van der Waals surface area (Å²) in [5.74, 6) is -0.737. The summed E-state index contributed by atoms with van der Waals surface area (Å²) >= 11 is 0. The van der Waals surface area contributed by atoms with Gasteiger partial charge in [0, 0.05) is 5.92 Å². The first-order valence-electron chi connectivity index (χ1n) is 10.8. The standard InChI is InChI=1S/C27H27NO5/c1-5-18-12-14-21-25(30)28(19-9-7-6-8-10-19)26(31)27(21,2)20(18)13-11-17-15-22(32-3)24(29)23(16-17)33-4/h5-13,15-16,20-21,29H,1,14H2,2-4H3. The lowest BCUT2D eigenvalue weighted by Crippen LogP contribution is -2.42. The average molecular weight is 446 g/mol. The number of hydrogen-bond acceptors (Lipinski definition) is 5. The number of phenols is 1. The highest BCUT2D eigenvalue weighted by Gasteiger charge is 2.61. The van der Waals surface area contributed by atoms with Crippen molar-refractivity contribution in [2.24, 2.45) is 17.3 Å². The highest BCUT2D eigenvalue weighted by molar-refractivity contribution is 6.24. The Morgan fingerprint density at radius 2 is 1.76 bits per heavy atom. The summed E-state index contributed by atoms with van der Waals surface area (Å²) in [5, 5.41) is 10.2. The molecule has 1 saturated heterocycles. The number of amides is 2. The Labute approximate surface area is 193 Å². The lowest BCUT2D eigenvalue weighted by atomic mass is 9.62. The number of carbonyl (C=O) groups is 2. The monoisotopic (exact) mass is 445 g/mol. The van der Waals surface area contributed by atoms with Gasteiger partial charge >= 0.3 is 0 Å². The van der Waals surface area contributed by atoms with E-state index < -0.39 is 11.3 Å². The van der Waals surface area contributed by atoms with E-state index in [2.05, 4.69) is 6.58 Å². The van der Waals surface area contributed by atoms with Gasteiger partial charge in [0.25, 0.3) is 0 Å². The van der Waals surface area contributed by atoms with Gasteiger partial charge in [-0.15, -0.1) is 0 Å². The van der Waals surface area contributed by atoms with Crippen LogP contribution in [-0.4, -0.2) is 31.1 Å². The van der Waals surface area contributed by atoms with Gasteiger partial charge in [-0.3, -0.25) is 9.59 Å². The summed E-state index contributed by atoms with van der Waals surface area (Å²) in [6.07, 6.45) is 7.99. The van der Waals surface area contributed by atoms with Crippen molar-refractivity contribution in [3.63, 3.8) is 0 Å². The van der Waals surface area contributed by atoms with Crippen molar-refractivity contribution in [2.75, 3.05) is 19.1 Å². The third-order valence-electron chi connectivity index (χ3n) is 6.73. The predicted octanol–water partition coefficient (Wildman–Crippen LogP) is 4.75. The predicted molar refractivity (Wildman–Crippen MR) is 127 cm³/mol. The number of methoxy groups -OCH3 is 2. The molecule has 1 fully saturated rings. The molecule has 2 amide bonds. The maximum absolute atomic E-state index is 13.7. The van der Waals surface area contributed by atoms with Crippen LogP contribution in [0, 0.1) is 17.3 Å². The van der Waals surface area contributed by atoms with Gasteiger partial charge in [-0.05, 0) is 48.7 Å². The van der Waals surface area contributed by atoms with Gasteiger partial charge in [-0.1, -0.05) is 49.1 Å². The molecule has 33 heavy (non-hydrogen) atoms. The molecule has 0 bridgehead atoms. The molecule has 0 saturated carbocycles. The number of hydrogen-bond donors (Lipinski definition) is 1. The summed E-state index contributed by atoms with van der Waals surface area (Å²) in [4.78, 5) is 28.4. The molecular weight excluding hydrogens is 418 g/mol. The fourth-order valence-electron chi connectivity index (χ4n) is 4.89. The van der Waals surface area contributed by atoms with Crippen LogP contribution in [0.1, 0.15) is 18.9 Å². The van der Waals surface area contributed by atoms with E-state index in [-0.39, 0.29) is 35.0 Å². The van der Waals surface area contributed by atoms with E-state index in [9.17, 15) is 14.7 Å². The van der Waals surface area contributed by atoms with Crippen LogP contribution in [0.5, 0.6) is 17.2 Å². The van der Waals surface area contributed by atoms with Gasteiger partial charge in [0.15, 0.2) is 11.5 Å². The second-order valence-corrected chi connectivity index (χ2v) is 8.40. The number of aromatic hydroxyl groups is 1. The first-order valence-corrected chi connectivity index (χ1v) is 10.8. The summed E-state index contributed by atoms with van der Waals surface area (Å²) in [6.45, 7) is 5.80. The maximum atomic E-state index is 13.7. The third-order valence-corrected chi connectivity index (χ3v) is 6.73. The largest absolute Gasteiger partial charge is 0.502 e. The van der Waals surface area contributed by atoms with E-state index in [4.69, 9.17) is 9.47 Å². The fraction of sp³-hybridized carbons (Fsp3) is 0.259. The molecule has 170 valence electrons. The fourth-order valence-corrected chi connectivity index (χ4v) is 4.89. The molecule has 3 unspecified atom stereocenters. The molecule has 1 N–H and O–H groups in total. The lowest BCUT2D eigenvalue weighted by molar-refractivity contribution is -0.128. The van der Waals surface area contributed by atoms with Crippen molar-refractivity contribution in [1.82, 2.24) is 0 Å². The van der Waals surface area contributed by atoms with Crippen molar-refractivity contribution < 1.29 is 24.2 Å². The Bertz CT molecular complexity index is 1140. The Balaban J connectivity index is 1.77. The van der Waals surface area contributed by atoms with Crippen LogP contribution >= 0.6 is 0 Å². The molecule has 0 spiro atoms. The molecule has 3 atom stereocenters. The van der Waals surface area contributed by atoms with Crippen molar-refractivity contribution in [3.8, 4) is 17.2 Å². The molecule has 2 aromatic carbocycles. The molecular formula is C27H27NO5. The second kappa shape index (κ2) is 8.62. The maximum Gasteiger partial charge on any atom is 0.241 e. The van der Waals surface area contributed by atoms with Crippen LogP contribution < -0.4 is 14.4 Å². The Morgan fingerprint density at radius 1 is 1.12 bits per heavy atom. The molecule has 1 aliphatic heterocycles. The summed E-state index contributed by atoms with van der Waals surface area (Å²) in [6, 6.07) is 12.4. The average Bonchev–Trinajstić information content (AvgIpc) is 3.03. The Hall–Kier alpha value is -3.80. The number of allylic oxidation sites excluding steroid dienone is 4. The van der Waals surface area contributed by atoms with Gasteiger partial charge in [0.05, 0.1) is 31.2 Å². The molecule has 6 heteroatoms. The zero-order valence-corrected chi connectivity index (χ0v) is 18.9. The number of imide groups is 1. The van der Waals surface area contributed by atoms with Gasteiger partial charge in [-0.25, -0.2) is 4.90 Å². The quantitative estimate of drug-likeness (QED) is 0.650. The Kier molecular flexibility index (Phi) is 5.85. The topological polar surface area (TPSA) is 76.1 Å². The number of nitrogens with zero attached hydrogens (tertiary/aromatic N) is 1. The van der Waals surface area contributed by atoms with E-state index in [0.717, 1.165) is 11.1 Å². The van der Waals surface area contributed by atoms with E-state index in [0.29, 0.717) is 12.1 Å². The van der Waals surface area contributed by atoms with Gasteiger partial charge in [-0.2, -0.15) is 0 Å². The summed E-state index contributed by atoms with van der Waals surface area (Å²) < 4.78 is 10.5. The Morgan fingerprint density at radius 3 is 2.33 bits per heavy atom. The van der Waals surface area contributed by atoms with Gasteiger partial charge in [0.1, 0.15) is 0 Å². The number of phenolic OH excluding ortho intramolecular Hbond substituents is 1. The smallest absolute Gasteiger partial charge is 0.241 e. The van der Waals surface area contributed by atoms with Crippen molar-refractivity contribution in [3.05, 3.63) is 78.4 Å². The van der Waals surface area contributed by atoms with Crippen LogP contribution in [0.15, 0.2) is 72.8 Å². The van der Waals surface area contributed by atoms with Crippen LogP contribution in [0.25, 0.3) is 6.08 Å².